The van der Waals surface area contributed by atoms with E-state index in [1.165, 1.54) is 23.4 Å². The van der Waals surface area contributed by atoms with Crippen LogP contribution in [0.4, 0.5) is 8.78 Å². The largest absolute Gasteiger partial charge is 0.478 e. The van der Waals surface area contributed by atoms with Gasteiger partial charge in [-0.3, -0.25) is 0 Å². The summed E-state index contributed by atoms with van der Waals surface area (Å²) in [5, 5.41) is 3.94. The van der Waals surface area contributed by atoms with Gasteiger partial charge in [0.05, 0.1) is 11.3 Å². The topological polar surface area (TPSA) is 39.9 Å². The summed E-state index contributed by atoms with van der Waals surface area (Å²) in [6.07, 6.45) is 7.93. The fourth-order valence-electron chi connectivity index (χ4n) is 1.65. The van der Waals surface area contributed by atoms with Crippen molar-refractivity contribution in [3.63, 3.8) is 0 Å². The van der Waals surface area contributed by atoms with E-state index < -0.39 is 11.6 Å². The third-order valence-corrected chi connectivity index (χ3v) is 2.57. The van der Waals surface area contributed by atoms with Crippen LogP contribution < -0.4 is 0 Å². The van der Waals surface area contributed by atoms with Gasteiger partial charge < -0.3 is 4.74 Å². The minimum atomic E-state index is -0.739. The van der Waals surface area contributed by atoms with Crippen molar-refractivity contribution in [2.45, 2.75) is 6.92 Å². The molecule has 2 aromatic rings. The predicted octanol–water partition coefficient (Wildman–Crippen LogP) is 2.55. The quantitative estimate of drug-likeness (QED) is 0.636. The van der Waals surface area contributed by atoms with Crippen LogP contribution in [0.25, 0.3) is 11.5 Å². The summed E-state index contributed by atoms with van der Waals surface area (Å²) in [5.41, 5.74) is 0.595. The van der Waals surface area contributed by atoms with Gasteiger partial charge in [-0.05, 0) is 19.1 Å². The van der Waals surface area contributed by atoms with Crippen LogP contribution in [0, 0.1) is 24.0 Å². The van der Waals surface area contributed by atoms with Crippen LogP contribution in [0.2, 0.25) is 0 Å². The van der Waals surface area contributed by atoms with Crippen molar-refractivity contribution in [1.29, 1.82) is 0 Å². The average molecular weight is 275 g/mol. The highest BCUT2D eigenvalue weighted by atomic mass is 19.1. The first-order valence-corrected chi connectivity index (χ1v) is 5.71. The van der Waals surface area contributed by atoms with Crippen molar-refractivity contribution >= 4 is 11.5 Å². The third-order valence-electron chi connectivity index (χ3n) is 2.57. The lowest BCUT2D eigenvalue weighted by atomic mass is 10.1. The lowest BCUT2D eigenvalue weighted by molar-refractivity contribution is 0.324. The molecule has 0 N–H and O–H groups in total. The molecular formula is C14H11F2N3O. The molecule has 20 heavy (non-hydrogen) atoms. The zero-order chi connectivity index (χ0) is 14.5. The van der Waals surface area contributed by atoms with Gasteiger partial charge in [-0.2, -0.15) is 5.10 Å². The molecule has 0 fully saturated rings. The Morgan fingerprint density at radius 2 is 2.25 bits per heavy atom. The van der Waals surface area contributed by atoms with E-state index in [0.29, 0.717) is 5.70 Å². The highest BCUT2D eigenvalue weighted by molar-refractivity contribution is 5.77. The Kier molecular flexibility index (Phi) is 4.11. The summed E-state index contributed by atoms with van der Waals surface area (Å²) < 4.78 is 33.6. The summed E-state index contributed by atoms with van der Waals surface area (Å²) in [5.74, 6) is 1.08. The predicted molar refractivity (Wildman–Crippen MR) is 69.9 cm³/mol. The van der Waals surface area contributed by atoms with Crippen LogP contribution in [0.1, 0.15) is 12.5 Å². The molecule has 0 bridgehead atoms. The molecule has 0 amide bonds. The number of terminal acetylenes is 1. The first kappa shape index (κ1) is 13.7. The molecule has 0 aliphatic heterocycles. The van der Waals surface area contributed by atoms with Gasteiger partial charge in [0.15, 0.2) is 5.76 Å². The lowest BCUT2D eigenvalue weighted by Gasteiger charge is -2.13. The molecule has 0 spiro atoms. The Bertz CT molecular complexity index is 672. The number of hydrogen-bond acceptors (Lipinski definition) is 3. The van der Waals surface area contributed by atoms with Gasteiger partial charge in [0.2, 0.25) is 0 Å². The molecule has 1 heterocycles. The SMILES string of the molecule is C#CCO/C(=C(/C)n1cncn1)c1ccc(F)cc1F. The minimum absolute atomic E-state index is 0.0435. The van der Waals surface area contributed by atoms with Gasteiger partial charge in [0, 0.05) is 6.07 Å². The molecule has 0 unspecified atom stereocenters. The van der Waals surface area contributed by atoms with Crippen LogP contribution in [0.3, 0.4) is 0 Å². The molecule has 0 radical (unpaired) electrons. The van der Waals surface area contributed by atoms with Crippen molar-refractivity contribution in [3.8, 4) is 12.3 Å². The Morgan fingerprint density at radius 1 is 1.45 bits per heavy atom. The van der Waals surface area contributed by atoms with Crippen molar-refractivity contribution < 1.29 is 13.5 Å². The number of ether oxygens (including phenoxy) is 1. The van der Waals surface area contributed by atoms with Crippen LogP contribution in [-0.2, 0) is 4.74 Å². The van der Waals surface area contributed by atoms with E-state index in [-0.39, 0.29) is 17.9 Å². The van der Waals surface area contributed by atoms with Crippen molar-refractivity contribution in [2.24, 2.45) is 0 Å². The van der Waals surface area contributed by atoms with Crippen molar-refractivity contribution in [3.05, 3.63) is 48.1 Å². The van der Waals surface area contributed by atoms with Gasteiger partial charge in [-0.1, -0.05) is 5.92 Å². The Morgan fingerprint density at radius 3 is 2.85 bits per heavy atom. The maximum atomic E-state index is 13.9. The van der Waals surface area contributed by atoms with Crippen LogP contribution in [0.5, 0.6) is 0 Å². The van der Waals surface area contributed by atoms with Crippen LogP contribution in [0.15, 0.2) is 30.9 Å². The number of halogens is 2. The van der Waals surface area contributed by atoms with E-state index in [0.717, 1.165) is 12.1 Å². The minimum Gasteiger partial charge on any atom is -0.478 e. The van der Waals surface area contributed by atoms with Crippen molar-refractivity contribution in [2.75, 3.05) is 6.61 Å². The summed E-state index contributed by atoms with van der Waals surface area (Å²) in [7, 11) is 0. The van der Waals surface area contributed by atoms with Gasteiger partial charge in [-0.15, -0.1) is 6.42 Å². The first-order chi connectivity index (χ1) is 9.63. The molecule has 1 aromatic carbocycles. The molecular weight excluding hydrogens is 264 g/mol. The zero-order valence-electron chi connectivity index (χ0n) is 10.7. The van der Waals surface area contributed by atoms with Gasteiger partial charge >= 0.3 is 0 Å². The van der Waals surface area contributed by atoms with Crippen molar-refractivity contribution in [1.82, 2.24) is 14.8 Å². The smallest absolute Gasteiger partial charge is 0.152 e. The Balaban J connectivity index is 2.53. The zero-order valence-corrected chi connectivity index (χ0v) is 10.7. The van der Waals surface area contributed by atoms with E-state index in [2.05, 4.69) is 16.0 Å². The molecule has 6 heteroatoms. The van der Waals surface area contributed by atoms with Gasteiger partial charge in [0.1, 0.15) is 30.9 Å². The standard InChI is InChI=1S/C14H11F2N3O/c1-3-6-20-14(10(2)19-9-17-8-18-19)12-5-4-11(15)7-13(12)16/h1,4-5,7-9H,6H2,2H3/b14-10-. The number of aromatic nitrogens is 3. The van der Waals surface area contributed by atoms with Crippen LogP contribution >= 0.6 is 0 Å². The first-order valence-electron chi connectivity index (χ1n) is 5.71. The van der Waals surface area contributed by atoms with E-state index in [1.807, 2.05) is 0 Å². The number of hydrogen-bond donors (Lipinski definition) is 0. The van der Waals surface area contributed by atoms with E-state index in [9.17, 15) is 8.78 Å². The molecule has 102 valence electrons. The van der Waals surface area contributed by atoms with E-state index in [1.54, 1.807) is 6.92 Å². The second kappa shape index (κ2) is 5.97. The number of nitrogens with zero attached hydrogens (tertiary/aromatic N) is 3. The second-order valence-corrected chi connectivity index (χ2v) is 3.87. The fourth-order valence-corrected chi connectivity index (χ4v) is 1.65. The number of benzene rings is 1. The lowest BCUT2D eigenvalue weighted by Crippen LogP contribution is -2.04. The summed E-state index contributed by atoms with van der Waals surface area (Å²) in [6.45, 7) is 1.63. The maximum absolute atomic E-state index is 13.9. The molecule has 2 rings (SSSR count). The third kappa shape index (κ3) is 2.83. The molecule has 1 aromatic heterocycles. The van der Waals surface area contributed by atoms with Gasteiger partial charge in [-0.25, -0.2) is 18.4 Å². The van der Waals surface area contributed by atoms with E-state index >= 15 is 0 Å². The molecule has 0 aliphatic rings. The van der Waals surface area contributed by atoms with E-state index in [4.69, 9.17) is 11.2 Å². The normalized spacial score (nSPS) is 11.7. The second-order valence-electron chi connectivity index (χ2n) is 3.87. The van der Waals surface area contributed by atoms with Crippen LogP contribution in [-0.4, -0.2) is 21.4 Å². The Labute approximate surface area is 114 Å². The molecule has 4 nitrogen and oxygen atoms in total. The summed E-state index contributed by atoms with van der Waals surface area (Å²) in [4.78, 5) is 3.80. The molecule has 0 atom stereocenters. The maximum Gasteiger partial charge on any atom is 0.152 e. The summed E-state index contributed by atoms with van der Waals surface area (Å²) >= 11 is 0. The highest BCUT2D eigenvalue weighted by Crippen LogP contribution is 2.25. The molecule has 0 saturated carbocycles. The number of allylic oxidation sites excluding steroid dienone is 1. The van der Waals surface area contributed by atoms with Gasteiger partial charge in [0.25, 0.3) is 0 Å². The molecule has 0 aliphatic carbocycles. The average Bonchev–Trinajstić information content (AvgIpc) is 2.94. The molecule has 0 saturated heterocycles. The highest BCUT2D eigenvalue weighted by Gasteiger charge is 2.15. The Hall–Kier alpha value is -2.68. The monoisotopic (exact) mass is 275 g/mol. The fraction of sp³-hybridized carbons (Fsp3) is 0.143. The summed E-state index contributed by atoms with van der Waals surface area (Å²) in [6, 6.07) is 3.21. The number of rotatable bonds is 4.